The molecule has 2 heterocycles. The fourth-order valence-electron chi connectivity index (χ4n) is 4.06. The van der Waals surface area contributed by atoms with E-state index in [-0.39, 0.29) is 30.7 Å². The number of nitrogens with zero attached hydrogens (tertiary/aromatic N) is 3. The van der Waals surface area contributed by atoms with Gasteiger partial charge in [0.1, 0.15) is 30.3 Å². The Morgan fingerprint density at radius 2 is 1.81 bits per heavy atom. The van der Waals surface area contributed by atoms with Gasteiger partial charge in [0, 0.05) is 30.6 Å². The molecular weight excluding hydrogens is 473 g/mol. The molecule has 1 aliphatic heterocycles. The van der Waals surface area contributed by atoms with Crippen molar-refractivity contribution in [2.24, 2.45) is 5.92 Å². The summed E-state index contributed by atoms with van der Waals surface area (Å²) in [4.78, 5) is 23.5. The number of hydrogen-bond acceptors (Lipinski definition) is 6. The maximum atomic E-state index is 12.8. The Labute approximate surface area is 207 Å². The van der Waals surface area contributed by atoms with Crippen LogP contribution in [0, 0.1) is 5.92 Å². The fourth-order valence-corrected chi connectivity index (χ4v) is 4.06. The van der Waals surface area contributed by atoms with Gasteiger partial charge >= 0.3 is 6.18 Å². The molecule has 0 saturated carbocycles. The molecule has 1 fully saturated rings. The predicted octanol–water partition coefficient (Wildman–Crippen LogP) is 4.58. The Morgan fingerprint density at radius 1 is 1.06 bits per heavy atom. The lowest BCUT2D eigenvalue weighted by Crippen LogP contribution is -2.41. The number of amides is 1. The molecule has 0 aliphatic carbocycles. The lowest BCUT2D eigenvalue weighted by Gasteiger charge is -2.32. The molecule has 4 rings (SSSR count). The minimum Gasteiger partial charge on any atom is -0.497 e. The summed E-state index contributed by atoms with van der Waals surface area (Å²) in [6.45, 7) is 1.66. The molecule has 36 heavy (non-hydrogen) atoms. The molecular formula is C26H27F3N4O3. The van der Waals surface area contributed by atoms with Gasteiger partial charge in [0.25, 0.3) is 0 Å². The third-order valence-electron chi connectivity index (χ3n) is 6.06. The number of rotatable bonds is 8. The SMILES string of the molecule is COc1ccc(-c2cc(N3CCC(C(=O)NCCOc4cccc(C(F)(F)F)c4)CC3)ncn2)cc1. The summed E-state index contributed by atoms with van der Waals surface area (Å²) in [5, 5.41) is 2.82. The van der Waals surface area contributed by atoms with E-state index in [4.69, 9.17) is 9.47 Å². The van der Waals surface area contributed by atoms with Crippen LogP contribution >= 0.6 is 0 Å². The molecule has 1 aromatic heterocycles. The highest BCUT2D eigenvalue weighted by molar-refractivity contribution is 5.79. The summed E-state index contributed by atoms with van der Waals surface area (Å²) in [7, 11) is 1.62. The zero-order valence-electron chi connectivity index (χ0n) is 19.8. The van der Waals surface area contributed by atoms with Crippen LogP contribution in [0.5, 0.6) is 11.5 Å². The summed E-state index contributed by atoms with van der Waals surface area (Å²) in [5.41, 5.74) is 1.000. The molecule has 0 atom stereocenters. The first-order chi connectivity index (χ1) is 17.3. The van der Waals surface area contributed by atoms with Crippen molar-refractivity contribution in [3.63, 3.8) is 0 Å². The van der Waals surface area contributed by atoms with Crippen molar-refractivity contribution < 1.29 is 27.4 Å². The second-order valence-corrected chi connectivity index (χ2v) is 8.42. The summed E-state index contributed by atoms with van der Waals surface area (Å²) in [6.07, 6.45) is -1.55. The fraction of sp³-hybridized carbons (Fsp3) is 0.346. The van der Waals surface area contributed by atoms with Crippen LogP contribution in [0.3, 0.4) is 0 Å². The molecule has 1 saturated heterocycles. The van der Waals surface area contributed by atoms with E-state index in [1.807, 2.05) is 30.3 Å². The van der Waals surface area contributed by atoms with Gasteiger partial charge in [0.15, 0.2) is 0 Å². The first kappa shape index (κ1) is 25.3. The molecule has 1 aliphatic rings. The Balaban J connectivity index is 1.23. The van der Waals surface area contributed by atoms with Crippen molar-refractivity contribution >= 4 is 11.7 Å². The number of benzene rings is 2. The lowest BCUT2D eigenvalue weighted by atomic mass is 9.96. The van der Waals surface area contributed by atoms with E-state index in [1.54, 1.807) is 7.11 Å². The zero-order chi connectivity index (χ0) is 25.5. The maximum Gasteiger partial charge on any atom is 0.416 e. The van der Waals surface area contributed by atoms with Crippen LogP contribution in [-0.4, -0.2) is 49.2 Å². The molecule has 0 bridgehead atoms. The van der Waals surface area contributed by atoms with E-state index >= 15 is 0 Å². The number of carbonyl (C=O) groups is 1. The van der Waals surface area contributed by atoms with Crippen LogP contribution in [0.15, 0.2) is 60.9 Å². The number of hydrogen-bond donors (Lipinski definition) is 1. The summed E-state index contributed by atoms with van der Waals surface area (Å²) in [5.74, 6) is 1.48. The predicted molar refractivity (Wildman–Crippen MR) is 129 cm³/mol. The van der Waals surface area contributed by atoms with Gasteiger partial charge in [-0.05, 0) is 55.3 Å². The summed E-state index contributed by atoms with van der Waals surface area (Å²) < 4.78 is 49.0. The number of carbonyl (C=O) groups excluding carboxylic acids is 1. The highest BCUT2D eigenvalue weighted by Gasteiger charge is 2.30. The van der Waals surface area contributed by atoms with Crippen molar-refractivity contribution in [2.45, 2.75) is 19.0 Å². The molecule has 1 amide bonds. The first-order valence-corrected chi connectivity index (χ1v) is 11.6. The summed E-state index contributed by atoms with van der Waals surface area (Å²) >= 11 is 0. The number of ether oxygens (including phenoxy) is 2. The van der Waals surface area contributed by atoms with Gasteiger partial charge < -0.3 is 19.7 Å². The highest BCUT2D eigenvalue weighted by Crippen LogP contribution is 2.31. The zero-order valence-corrected chi connectivity index (χ0v) is 19.8. The van der Waals surface area contributed by atoms with Crippen LogP contribution in [0.2, 0.25) is 0 Å². The third kappa shape index (κ3) is 6.44. The monoisotopic (exact) mass is 500 g/mol. The van der Waals surface area contributed by atoms with Crippen molar-refractivity contribution in [2.75, 3.05) is 38.3 Å². The quantitative estimate of drug-likeness (QED) is 0.457. The van der Waals surface area contributed by atoms with Crippen LogP contribution < -0.4 is 19.7 Å². The molecule has 190 valence electrons. The molecule has 7 nitrogen and oxygen atoms in total. The topological polar surface area (TPSA) is 76.6 Å². The Bertz CT molecular complexity index is 1160. The van der Waals surface area contributed by atoms with Gasteiger partial charge in [-0.2, -0.15) is 13.2 Å². The third-order valence-corrected chi connectivity index (χ3v) is 6.06. The van der Waals surface area contributed by atoms with Crippen molar-refractivity contribution in [1.29, 1.82) is 0 Å². The molecule has 0 unspecified atom stereocenters. The van der Waals surface area contributed by atoms with E-state index < -0.39 is 11.7 Å². The summed E-state index contributed by atoms with van der Waals surface area (Å²) in [6, 6.07) is 14.3. The van der Waals surface area contributed by atoms with Crippen LogP contribution in [-0.2, 0) is 11.0 Å². The number of alkyl halides is 3. The second kappa shape index (κ2) is 11.3. The van der Waals surface area contributed by atoms with Crippen molar-refractivity contribution in [3.8, 4) is 22.8 Å². The average Bonchev–Trinajstić information content (AvgIpc) is 2.91. The molecule has 1 N–H and O–H groups in total. The van der Waals surface area contributed by atoms with Gasteiger partial charge in [0.2, 0.25) is 5.91 Å². The van der Waals surface area contributed by atoms with E-state index in [9.17, 15) is 18.0 Å². The van der Waals surface area contributed by atoms with Gasteiger partial charge in [-0.3, -0.25) is 4.79 Å². The Hall–Kier alpha value is -3.82. The van der Waals surface area contributed by atoms with Crippen molar-refractivity contribution in [3.05, 3.63) is 66.5 Å². The van der Waals surface area contributed by atoms with E-state index in [0.29, 0.717) is 25.9 Å². The van der Waals surface area contributed by atoms with Gasteiger partial charge in [-0.15, -0.1) is 0 Å². The Morgan fingerprint density at radius 3 is 2.50 bits per heavy atom. The number of halogens is 3. The first-order valence-electron chi connectivity index (χ1n) is 11.6. The maximum absolute atomic E-state index is 12.8. The number of piperidine rings is 1. The van der Waals surface area contributed by atoms with E-state index in [0.717, 1.165) is 35.0 Å². The van der Waals surface area contributed by atoms with E-state index in [1.165, 1.54) is 18.5 Å². The van der Waals surface area contributed by atoms with Gasteiger partial charge in [-0.25, -0.2) is 9.97 Å². The van der Waals surface area contributed by atoms with E-state index in [2.05, 4.69) is 20.2 Å². The van der Waals surface area contributed by atoms with Gasteiger partial charge in [-0.1, -0.05) is 6.07 Å². The number of anilines is 1. The average molecular weight is 501 g/mol. The second-order valence-electron chi connectivity index (χ2n) is 8.42. The molecule has 10 heteroatoms. The molecule has 2 aromatic carbocycles. The smallest absolute Gasteiger partial charge is 0.416 e. The molecule has 3 aromatic rings. The largest absolute Gasteiger partial charge is 0.497 e. The molecule has 0 radical (unpaired) electrons. The van der Waals surface area contributed by atoms with Gasteiger partial charge in [0.05, 0.1) is 24.9 Å². The minimum atomic E-state index is -4.43. The van der Waals surface area contributed by atoms with Crippen LogP contribution in [0.1, 0.15) is 18.4 Å². The highest BCUT2D eigenvalue weighted by atomic mass is 19.4. The number of nitrogens with one attached hydrogen (secondary N) is 1. The van der Waals surface area contributed by atoms with Crippen molar-refractivity contribution in [1.82, 2.24) is 15.3 Å². The normalized spacial score (nSPS) is 14.4. The number of aromatic nitrogens is 2. The number of methoxy groups -OCH3 is 1. The standard InChI is InChI=1S/C26H27F3N4O3/c1-35-21-7-5-18(6-8-21)23-16-24(32-17-31-23)33-12-9-19(10-13-33)25(34)30-11-14-36-22-4-2-3-20(15-22)26(27,28)29/h2-8,15-17,19H,9-14H2,1H3,(H,30,34). The Kier molecular flexibility index (Phi) is 7.92. The van der Waals surface area contributed by atoms with Crippen LogP contribution in [0.4, 0.5) is 19.0 Å². The minimum absolute atomic E-state index is 0.0797. The van der Waals surface area contributed by atoms with Crippen LogP contribution in [0.25, 0.3) is 11.3 Å². The molecule has 0 spiro atoms. The lowest BCUT2D eigenvalue weighted by molar-refractivity contribution is -0.137.